The molecule has 2 rings (SSSR count). The number of rotatable bonds is 6. The van der Waals surface area contributed by atoms with Gasteiger partial charge in [0, 0.05) is 26.0 Å². The van der Waals surface area contributed by atoms with Gasteiger partial charge < -0.3 is 28.8 Å². The first-order valence-electron chi connectivity index (χ1n) is 7.94. The van der Waals surface area contributed by atoms with E-state index < -0.39 is 47.6 Å². The highest BCUT2D eigenvalue weighted by Gasteiger charge is 2.48. The Hall–Kier alpha value is -3.41. The first kappa shape index (κ1) is 20.9. The van der Waals surface area contributed by atoms with E-state index in [1.165, 1.54) is 24.3 Å². The summed E-state index contributed by atoms with van der Waals surface area (Å²) in [5.74, 6) is -1.37. The van der Waals surface area contributed by atoms with Crippen molar-refractivity contribution in [3.05, 3.63) is 34.4 Å². The number of hydrogen-bond acceptors (Lipinski definition) is 10. The molecule has 1 aliphatic rings. The van der Waals surface area contributed by atoms with Crippen LogP contribution in [0.2, 0.25) is 0 Å². The second kappa shape index (κ2) is 8.99. The monoisotopic (exact) mass is 399 g/mol. The van der Waals surface area contributed by atoms with Crippen molar-refractivity contribution < 1.29 is 48.1 Å². The van der Waals surface area contributed by atoms with Crippen molar-refractivity contribution in [1.29, 1.82) is 0 Å². The highest BCUT2D eigenvalue weighted by atomic mass is 16.7. The van der Waals surface area contributed by atoms with Crippen molar-refractivity contribution in [3.8, 4) is 5.75 Å². The third-order valence-corrected chi connectivity index (χ3v) is 3.54. The molecule has 0 spiro atoms. The third kappa shape index (κ3) is 5.54. The summed E-state index contributed by atoms with van der Waals surface area (Å²) in [5, 5.41) is 19.7. The number of esters is 2. The van der Waals surface area contributed by atoms with Gasteiger partial charge >= 0.3 is 18.1 Å². The highest BCUT2D eigenvalue weighted by molar-refractivity contribution is 5.67. The molecule has 28 heavy (non-hydrogen) atoms. The highest BCUT2D eigenvalue weighted by Crippen LogP contribution is 2.27. The van der Waals surface area contributed by atoms with E-state index in [0.717, 1.165) is 13.8 Å². The van der Waals surface area contributed by atoms with Crippen molar-refractivity contribution >= 4 is 23.8 Å². The van der Waals surface area contributed by atoms with Crippen LogP contribution in [0.5, 0.6) is 5.75 Å². The zero-order chi connectivity index (χ0) is 20.8. The van der Waals surface area contributed by atoms with Crippen molar-refractivity contribution in [1.82, 2.24) is 0 Å². The number of nitro benzene ring substituents is 1. The van der Waals surface area contributed by atoms with E-state index in [2.05, 4.69) is 0 Å². The van der Waals surface area contributed by atoms with Crippen molar-refractivity contribution in [3.63, 3.8) is 0 Å². The lowest BCUT2D eigenvalue weighted by Gasteiger charge is -2.39. The number of nitrogens with zero attached hydrogens (tertiary/aromatic N) is 1. The summed E-state index contributed by atoms with van der Waals surface area (Å²) in [7, 11) is 0. The van der Waals surface area contributed by atoms with Crippen LogP contribution in [0.3, 0.4) is 0 Å². The smallest absolute Gasteiger partial charge is 0.461 e. The van der Waals surface area contributed by atoms with Crippen LogP contribution < -0.4 is 4.74 Å². The molecule has 4 atom stereocenters. The second-order valence-corrected chi connectivity index (χ2v) is 5.64. The van der Waals surface area contributed by atoms with Gasteiger partial charge in [0.15, 0.2) is 12.2 Å². The summed E-state index contributed by atoms with van der Waals surface area (Å²) in [6.07, 6.45) is -6.99. The molecule has 152 valence electrons. The van der Waals surface area contributed by atoms with Crippen LogP contribution in [0.1, 0.15) is 13.8 Å². The van der Waals surface area contributed by atoms with Gasteiger partial charge in [-0.1, -0.05) is 0 Å². The molecule has 0 saturated carbocycles. The number of ether oxygens (including phenoxy) is 5. The van der Waals surface area contributed by atoms with Crippen molar-refractivity contribution in [2.24, 2.45) is 0 Å². The lowest BCUT2D eigenvalue weighted by atomic mass is 10.0. The maximum atomic E-state index is 11.5. The molecule has 1 aromatic rings. The summed E-state index contributed by atoms with van der Waals surface area (Å²) in [4.78, 5) is 43.9. The summed E-state index contributed by atoms with van der Waals surface area (Å²) < 4.78 is 25.8. The van der Waals surface area contributed by atoms with Crippen LogP contribution in [0.15, 0.2) is 24.3 Å². The standard InChI is InChI=1S/C16H17NO11/c1-8(18)25-12-7-24-15(14(26-9(2)19)13(12)28-16(20)21)27-11-5-3-10(4-6-11)17(22)23/h3-6,12-15H,7H2,1-2H3,(H,20,21)/t12-,13-,14-,15-/m1/s1. The van der Waals surface area contributed by atoms with Gasteiger partial charge in [0.1, 0.15) is 5.75 Å². The van der Waals surface area contributed by atoms with Crippen LogP contribution >= 0.6 is 0 Å². The molecule has 0 aliphatic carbocycles. The van der Waals surface area contributed by atoms with Crippen LogP contribution in [0, 0.1) is 10.1 Å². The zero-order valence-electron chi connectivity index (χ0n) is 14.8. The van der Waals surface area contributed by atoms with Gasteiger partial charge in [-0.05, 0) is 12.1 Å². The van der Waals surface area contributed by atoms with Crippen LogP contribution in [-0.4, -0.2) is 59.3 Å². The summed E-state index contributed by atoms with van der Waals surface area (Å²) in [6, 6.07) is 4.95. The van der Waals surface area contributed by atoms with E-state index in [0.29, 0.717) is 0 Å². The fourth-order valence-electron chi connectivity index (χ4n) is 2.52. The maximum Gasteiger partial charge on any atom is 0.506 e. The Morgan fingerprint density at radius 2 is 1.68 bits per heavy atom. The Morgan fingerprint density at radius 3 is 2.18 bits per heavy atom. The van der Waals surface area contributed by atoms with E-state index in [1.807, 2.05) is 0 Å². The van der Waals surface area contributed by atoms with Gasteiger partial charge in [-0.25, -0.2) is 4.79 Å². The lowest BCUT2D eigenvalue weighted by Crippen LogP contribution is -2.59. The normalized spacial score (nSPS) is 23.9. The number of hydrogen-bond donors (Lipinski definition) is 1. The number of nitro groups is 1. The number of carbonyl (C=O) groups is 3. The number of non-ortho nitro benzene ring substituents is 1. The lowest BCUT2D eigenvalue weighted by molar-refractivity contribution is -0.384. The Kier molecular flexibility index (Phi) is 6.71. The SMILES string of the molecule is CC(=O)O[C@H]1[C@@H](Oc2ccc([N+](=O)[O-])cc2)OC[C@@H](OC(C)=O)[C@H]1OC(=O)O. The molecule has 1 fully saturated rings. The third-order valence-electron chi connectivity index (χ3n) is 3.54. The van der Waals surface area contributed by atoms with Gasteiger partial charge in [0.2, 0.25) is 12.4 Å². The molecular formula is C16H17NO11. The summed E-state index contributed by atoms with van der Waals surface area (Å²) in [5.41, 5.74) is -0.171. The molecule has 12 heteroatoms. The Bertz CT molecular complexity index is 747. The van der Waals surface area contributed by atoms with E-state index in [-0.39, 0.29) is 18.0 Å². The molecular weight excluding hydrogens is 382 g/mol. The first-order chi connectivity index (χ1) is 13.2. The molecule has 0 aromatic heterocycles. The molecule has 12 nitrogen and oxygen atoms in total. The molecule has 0 amide bonds. The van der Waals surface area contributed by atoms with E-state index in [1.54, 1.807) is 0 Å². The van der Waals surface area contributed by atoms with Crippen LogP contribution in [0.25, 0.3) is 0 Å². The number of carbonyl (C=O) groups excluding carboxylic acids is 2. The molecule has 0 unspecified atom stereocenters. The Morgan fingerprint density at radius 1 is 1.07 bits per heavy atom. The average Bonchev–Trinajstić information content (AvgIpc) is 2.59. The molecule has 1 heterocycles. The largest absolute Gasteiger partial charge is 0.506 e. The van der Waals surface area contributed by atoms with Gasteiger partial charge in [-0.2, -0.15) is 0 Å². The van der Waals surface area contributed by atoms with Gasteiger partial charge in [-0.15, -0.1) is 0 Å². The minimum Gasteiger partial charge on any atom is -0.461 e. The zero-order valence-corrected chi connectivity index (χ0v) is 14.8. The van der Waals surface area contributed by atoms with Gasteiger partial charge in [0.25, 0.3) is 5.69 Å². The Labute approximate surface area is 158 Å². The quantitative estimate of drug-likeness (QED) is 0.317. The van der Waals surface area contributed by atoms with Crippen molar-refractivity contribution in [2.45, 2.75) is 38.4 Å². The maximum absolute atomic E-state index is 11.5. The molecule has 1 aliphatic heterocycles. The fraction of sp³-hybridized carbons (Fsp3) is 0.438. The predicted octanol–water partition coefficient (Wildman–Crippen LogP) is 1.26. The Balaban J connectivity index is 2.25. The van der Waals surface area contributed by atoms with Gasteiger partial charge in [0.05, 0.1) is 11.5 Å². The molecule has 0 radical (unpaired) electrons. The van der Waals surface area contributed by atoms with Crippen LogP contribution in [-0.2, 0) is 28.5 Å². The minimum absolute atomic E-state index is 0.132. The topological polar surface area (TPSA) is 161 Å². The van der Waals surface area contributed by atoms with E-state index >= 15 is 0 Å². The fourth-order valence-corrected chi connectivity index (χ4v) is 2.52. The minimum atomic E-state index is -1.68. The van der Waals surface area contributed by atoms with Crippen LogP contribution in [0.4, 0.5) is 10.5 Å². The molecule has 1 N–H and O–H groups in total. The summed E-state index contributed by atoms with van der Waals surface area (Å²) >= 11 is 0. The van der Waals surface area contributed by atoms with Crippen molar-refractivity contribution in [2.75, 3.05) is 6.61 Å². The summed E-state index contributed by atoms with van der Waals surface area (Å²) in [6.45, 7) is 1.89. The average molecular weight is 399 g/mol. The van der Waals surface area contributed by atoms with E-state index in [9.17, 15) is 24.5 Å². The van der Waals surface area contributed by atoms with Gasteiger partial charge in [-0.3, -0.25) is 19.7 Å². The molecule has 0 bridgehead atoms. The van der Waals surface area contributed by atoms with E-state index in [4.69, 9.17) is 28.8 Å². The number of benzene rings is 1. The molecule has 1 aromatic carbocycles. The first-order valence-corrected chi connectivity index (χ1v) is 7.94. The predicted molar refractivity (Wildman–Crippen MR) is 87.5 cm³/mol. The second-order valence-electron chi connectivity index (χ2n) is 5.64. The molecule has 1 saturated heterocycles. The number of carboxylic acid groups (broad SMARTS) is 1.